The van der Waals surface area contributed by atoms with Crippen molar-refractivity contribution < 1.29 is 23.4 Å². The molecule has 0 radical (unpaired) electrons. The van der Waals surface area contributed by atoms with Crippen molar-refractivity contribution in [3.8, 4) is 0 Å². The van der Waals surface area contributed by atoms with Crippen LogP contribution in [0.5, 0.6) is 0 Å². The zero-order valence-electron chi connectivity index (χ0n) is 13.4. The van der Waals surface area contributed by atoms with E-state index in [0.717, 1.165) is 23.5 Å². The maximum absolute atomic E-state index is 14.1. The number of nitrogens with zero attached hydrogens (tertiary/aromatic N) is 2. The Kier molecular flexibility index (Phi) is 5.41. The third kappa shape index (κ3) is 3.51. The zero-order valence-corrected chi connectivity index (χ0v) is 15.0. The average Bonchev–Trinajstić information content (AvgIpc) is 2.99. The first-order valence-corrected chi connectivity index (χ1v) is 8.84. The minimum Gasteiger partial charge on any atom is -0.477 e. The van der Waals surface area contributed by atoms with Gasteiger partial charge in [0.1, 0.15) is 16.5 Å². The average molecular weight is 399 g/mol. The van der Waals surface area contributed by atoms with Crippen molar-refractivity contribution in [1.82, 2.24) is 0 Å². The van der Waals surface area contributed by atoms with Crippen molar-refractivity contribution in [2.45, 2.75) is 6.42 Å². The Bertz CT molecular complexity index is 904. The number of ether oxygens (including phenoxy) is 1. The van der Waals surface area contributed by atoms with Crippen molar-refractivity contribution >= 4 is 39.6 Å². The summed E-state index contributed by atoms with van der Waals surface area (Å²) in [6.45, 7) is 9.51. The number of carboxylic acid groups (broad SMARTS) is 1. The van der Waals surface area contributed by atoms with Crippen molar-refractivity contribution in [2.75, 3.05) is 31.2 Å². The second-order valence-corrected chi connectivity index (χ2v) is 7.02. The number of benzene rings is 1. The van der Waals surface area contributed by atoms with E-state index in [2.05, 4.69) is 4.85 Å². The minimum absolute atomic E-state index is 0.0488. The summed E-state index contributed by atoms with van der Waals surface area (Å²) in [5.74, 6) is -2.75. The number of morpholine rings is 1. The van der Waals surface area contributed by atoms with E-state index in [9.17, 15) is 18.7 Å². The topological polar surface area (TPSA) is 54.1 Å². The molecule has 0 aliphatic carbocycles. The monoisotopic (exact) mass is 398 g/mol. The molecule has 0 spiro atoms. The number of hydrogen-bond donors (Lipinski definition) is 1. The Balaban J connectivity index is 2.08. The molecule has 1 fully saturated rings. The van der Waals surface area contributed by atoms with Crippen LogP contribution < -0.4 is 4.90 Å². The molecule has 0 bridgehead atoms. The van der Waals surface area contributed by atoms with E-state index >= 15 is 0 Å². The predicted molar refractivity (Wildman–Crippen MR) is 94.7 cm³/mol. The number of carbonyl (C=O) groups is 1. The molecule has 2 heterocycles. The van der Waals surface area contributed by atoms with Gasteiger partial charge in [0.25, 0.3) is 0 Å². The largest absolute Gasteiger partial charge is 0.477 e. The highest BCUT2D eigenvalue weighted by molar-refractivity contribution is 7.18. The maximum atomic E-state index is 14.1. The summed E-state index contributed by atoms with van der Waals surface area (Å²) in [5.41, 5.74) is 0.286. The molecular weight excluding hydrogens is 386 g/mol. The quantitative estimate of drug-likeness (QED) is 0.614. The van der Waals surface area contributed by atoms with Crippen molar-refractivity contribution in [3.05, 3.63) is 56.2 Å². The second-order valence-electron chi connectivity index (χ2n) is 5.61. The Labute approximate surface area is 157 Å². The summed E-state index contributed by atoms with van der Waals surface area (Å²) < 4.78 is 33.1. The second kappa shape index (κ2) is 7.58. The van der Waals surface area contributed by atoms with Gasteiger partial charge in [0, 0.05) is 13.1 Å². The van der Waals surface area contributed by atoms with E-state index in [1.807, 2.05) is 4.90 Å². The van der Waals surface area contributed by atoms with Gasteiger partial charge in [-0.1, -0.05) is 11.6 Å². The Morgan fingerprint density at radius 1 is 1.35 bits per heavy atom. The molecule has 1 aromatic carbocycles. The number of rotatable bonds is 4. The summed E-state index contributed by atoms with van der Waals surface area (Å²) >= 11 is 6.53. The van der Waals surface area contributed by atoms with E-state index in [-0.39, 0.29) is 33.1 Å². The van der Waals surface area contributed by atoms with Crippen molar-refractivity contribution in [2.24, 2.45) is 0 Å². The van der Waals surface area contributed by atoms with Crippen LogP contribution in [0.3, 0.4) is 0 Å². The van der Waals surface area contributed by atoms with Crippen LogP contribution in [0.15, 0.2) is 12.1 Å². The summed E-state index contributed by atoms with van der Waals surface area (Å²) in [7, 11) is 0. The van der Waals surface area contributed by atoms with Gasteiger partial charge in [0.2, 0.25) is 5.69 Å². The van der Waals surface area contributed by atoms with Gasteiger partial charge in [-0.05, 0) is 29.7 Å². The van der Waals surface area contributed by atoms with Crippen LogP contribution in [-0.4, -0.2) is 37.4 Å². The first-order valence-electron chi connectivity index (χ1n) is 7.65. The highest BCUT2D eigenvalue weighted by atomic mass is 35.5. The SMILES string of the molecule is [C-]#[N+]c1c(N2CCOCC2)sc(C(=O)O)c1Cc1cc(F)c(Cl)cc1F. The van der Waals surface area contributed by atoms with Crippen LogP contribution in [0.1, 0.15) is 20.8 Å². The molecule has 26 heavy (non-hydrogen) atoms. The molecule has 0 atom stereocenters. The molecule has 1 aromatic heterocycles. The lowest BCUT2D eigenvalue weighted by molar-refractivity contribution is 0.0701. The molecule has 136 valence electrons. The first kappa shape index (κ1) is 18.6. The summed E-state index contributed by atoms with van der Waals surface area (Å²) in [4.78, 5) is 17.0. The third-order valence-corrected chi connectivity index (χ3v) is 5.58. The molecule has 0 unspecified atom stereocenters. The molecule has 0 saturated carbocycles. The molecule has 5 nitrogen and oxygen atoms in total. The smallest absolute Gasteiger partial charge is 0.344 e. The summed E-state index contributed by atoms with van der Waals surface area (Å²) in [6.07, 6.45) is -0.208. The van der Waals surface area contributed by atoms with Crippen LogP contribution in [0.25, 0.3) is 4.85 Å². The van der Waals surface area contributed by atoms with Gasteiger partial charge in [0.15, 0.2) is 0 Å². The third-order valence-electron chi connectivity index (χ3n) is 4.02. The van der Waals surface area contributed by atoms with E-state index in [0.29, 0.717) is 31.3 Å². The van der Waals surface area contributed by atoms with Crippen LogP contribution >= 0.6 is 22.9 Å². The van der Waals surface area contributed by atoms with Gasteiger partial charge in [-0.3, -0.25) is 0 Å². The zero-order chi connectivity index (χ0) is 18.8. The lowest BCUT2D eigenvalue weighted by atomic mass is 10.0. The number of anilines is 1. The van der Waals surface area contributed by atoms with Crippen molar-refractivity contribution in [3.63, 3.8) is 0 Å². The molecule has 3 rings (SSSR count). The number of halogens is 3. The fourth-order valence-electron chi connectivity index (χ4n) is 2.77. The van der Waals surface area contributed by atoms with Gasteiger partial charge in [-0.25, -0.2) is 18.4 Å². The van der Waals surface area contributed by atoms with Crippen LogP contribution in [0, 0.1) is 18.2 Å². The fourth-order valence-corrected chi connectivity index (χ4v) is 4.07. The normalized spacial score (nSPS) is 14.3. The Morgan fingerprint density at radius 3 is 2.65 bits per heavy atom. The van der Waals surface area contributed by atoms with Crippen molar-refractivity contribution in [1.29, 1.82) is 0 Å². The standard InChI is InChI=1S/C17H13ClF2N2O3S/c1-21-14-10(6-9-7-13(20)11(18)8-12(9)19)15(17(23)24)26-16(14)22-2-4-25-5-3-22/h7-8H,2-6H2,(H,23,24). The molecular formula is C17H13ClF2N2O3S. The van der Waals surface area contributed by atoms with Gasteiger partial charge < -0.3 is 14.7 Å². The molecule has 1 aliphatic heterocycles. The number of hydrogen-bond acceptors (Lipinski definition) is 4. The van der Waals surface area contributed by atoms with Gasteiger partial charge in [0.05, 0.1) is 29.8 Å². The molecule has 1 aliphatic rings. The molecule has 1 N–H and O–H groups in total. The van der Waals surface area contributed by atoms with Gasteiger partial charge >= 0.3 is 5.97 Å². The number of carboxylic acids is 1. The highest BCUT2D eigenvalue weighted by Gasteiger charge is 2.27. The van der Waals surface area contributed by atoms with Gasteiger partial charge in [-0.2, -0.15) is 0 Å². The molecule has 1 saturated heterocycles. The minimum atomic E-state index is -1.20. The Morgan fingerprint density at radius 2 is 2.04 bits per heavy atom. The van der Waals surface area contributed by atoms with E-state index in [4.69, 9.17) is 22.9 Å². The molecule has 2 aromatic rings. The molecule has 0 amide bonds. The van der Waals surface area contributed by atoms with Crippen LogP contribution in [0.4, 0.5) is 19.5 Å². The van der Waals surface area contributed by atoms with Crippen LogP contribution in [0.2, 0.25) is 5.02 Å². The fraction of sp³-hybridized carbons (Fsp3) is 0.294. The number of thiophene rings is 1. The maximum Gasteiger partial charge on any atom is 0.344 e. The summed E-state index contributed by atoms with van der Waals surface area (Å²) in [5, 5.41) is 9.69. The summed E-state index contributed by atoms with van der Waals surface area (Å²) in [6, 6.07) is 1.78. The van der Waals surface area contributed by atoms with E-state index in [1.54, 1.807) is 0 Å². The number of aromatic carboxylic acids is 1. The van der Waals surface area contributed by atoms with E-state index < -0.39 is 17.6 Å². The van der Waals surface area contributed by atoms with Crippen LogP contribution in [-0.2, 0) is 11.2 Å². The predicted octanol–water partition coefficient (Wildman–Crippen LogP) is 4.36. The first-order chi connectivity index (χ1) is 12.4. The Hall–Kier alpha value is -2.21. The van der Waals surface area contributed by atoms with E-state index in [1.165, 1.54) is 0 Å². The van der Waals surface area contributed by atoms with Gasteiger partial charge in [-0.15, -0.1) is 11.3 Å². The highest BCUT2D eigenvalue weighted by Crippen LogP contribution is 2.44. The molecule has 9 heteroatoms. The lowest BCUT2D eigenvalue weighted by Gasteiger charge is -2.28. The lowest BCUT2D eigenvalue weighted by Crippen LogP contribution is -2.35.